The van der Waals surface area contributed by atoms with Crippen LogP contribution in [0.15, 0.2) is 42.5 Å². The van der Waals surface area contributed by atoms with E-state index in [1.54, 1.807) is 6.07 Å². The summed E-state index contributed by atoms with van der Waals surface area (Å²) in [6.07, 6.45) is 0.958. The number of hydrazine groups is 1. The summed E-state index contributed by atoms with van der Waals surface area (Å²) in [5.41, 5.74) is 4.36. The highest BCUT2D eigenvalue weighted by atomic mass is 35.5. The lowest BCUT2D eigenvalue weighted by molar-refractivity contribution is 0.317. The van der Waals surface area contributed by atoms with Crippen LogP contribution >= 0.6 is 11.6 Å². The Morgan fingerprint density at radius 1 is 1.24 bits per heavy atom. The van der Waals surface area contributed by atoms with Gasteiger partial charge in [-0.25, -0.2) is 9.82 Å². The zero-order chi connectivity index (χ0) is 15.2. The highest BCUT2D eigenvalue weighted by Gasteiger charge is 2.16. The largest absolute Gasteiger partial charge is 0.494 e. The average Bonchev–Trinajstić information content (AvgIpc) is 2.49. The maximum absolute atomic E-state index is 13.1. The molecule has 0 aliphatic heterocycles. The lowest BCUT2D eigenvalue weighted by atomic mass is 9.99. The molecular weight excluding hydrogens is 291 g/mol. The van der Waals surface area contributed by atoms with Crippen LogP contribution in [-0.2, 0) is 0 Å². The molecule has 3 nitrogen and oxygen atoms in total. The molecule has 0 aliphatic carbocycles. The molecule has 0 bridgehead atoms. The molecule has 2 rings (SSSR count). The molecule has 2 aromatic rings. The van der Waals surface area contributed by atoms with Crippen LogP contribution in [0.5, 0.6) is 5.75 Å². The first kappa shape index (κ1) is 15.8. The van der Waals surface area contributed by atoms with Gasteiger partial charge in [0.05, 0.1) is 12.6 Å². The predicted molar refractivity (Wildman–Crippen MR) is 82.8 cm³/mol. The Kier molecular flexibility index (Phi) is 5.56. The number of hydrogen-bond donors (Lipinski definition) is 2. The summed E-state index contributed by atoms with van der Waals surface area (Å²) in [4.78, 5) is 0. The lowest BCUT2D eigenvalue weighted by Crippen LogP contribution is -2.29. The van der Waals surface area contributed by atoms with Crippen LogP contribution in [0.25, 0.3) is 0 Å². The SMILES string of the molecule is CCCOc1ccc(C(NN)c2ccc(F)cc2Cl)cc1. The van der Waals surface area contributed by atoms with E-state index in [-0.39, 0.29) is 11.9 Å². The minimum atomic E-state index is -0.372. The Bertz CT molecular complexity index is 589. The Morgan fingerprint density at radius 2 is 1.95 bits per heavy atom. The molecular formula is C16H18ClFN2O. The third-order valence-electron chi connectivity index (χ3n) is 3.13. The van der Waals surface area contributed by atoms with Gasteiger partial charge in [-0.15, -0.1) is 0 Å². The van der Waals surface area contributed by atoms with E-state index >= 15 is 0 Å². The van der Waals surface area contributed by atoms with Crippen molar-refractivity contribution in [2.45, 2.75) is 19.4 Å². The molecule has 0 amide bonds. The predicted octanol–water partition coefficient (Wildman–Crippen LogP) is 3.82. The van der Waals surface area contributed by atoms with Gasteiger partial charge in [0.1, 0.15) is 11.6 Å². The average molecular weight is 309 g/mol. The van der Waals surface area contributed by atoms with Crippen LogP contribution in [0, 0.1) is 5.82 Å². The fraction of sp³-hybridized carbons (Fsp3) is 0.250. The highest BCUT2D eigenvalue weighted by molar-refractivity contribution is 6.31. The van der Waals surface area contributed by atoms with Gasteiger partial charge < -0.3 is 4.74 Å². The molecule has 0 saturated carbocycles. The number of hydrogen-bond acceptors (Lipinski definition) is 3. The third kappa shape index (κ3) is 3.94. The maximum Gasteiger partial charge on any atom is 0.124 e. The van der Waals surface area contributed by atoms with E-state index in [0.717, 1.165) is 23.3 Å². The van der Waals surface area contributed by atoms with E-state index in [4.69, 9.17) is 22.2 Å². The monoisotopic (exact) mass is 308 g/mol. The second-order valence-electron chi connectivity index (χ2n) is 4.68. The molecule has 0 fully saturated rings. The summed E-state index contributed by atoms with van der Waals surface area (Å²) in [5.74, 6) is 6.06. The van der Waals surface area contributed by atoms with Gasteiger partial charge in [0.25, 0.3) is 0 Å². The Morgan fingerprint density at radius 3 is 2.52 bits per heavy atom. The van der Waals surface area contributed by atoms with Crippen molar-refractivity contribution in [3.05, 3.63) is 64.4 Å². The summed E-state index contributed by atoms with van der Waals surface area (Å²) < 4.78 is 18.7. The molecule has 1 unspecified atom stereocenters. The zero-order valence-electron chi connectivity index (χ0n) is 11.8. The molecule has 2 aromatic carbocycles. The van der Waals surface area contributed by atoms with Crippen molar-refractivity contribution >= 4 is 11.6 Å². The number of nitrogens with one attached hydrogen (secondary N) is 1. The lowest BCUT2D eigenvalue weighted by Gasteiger charge is -2.18. The second kappa shape index (κ2) is 7.41. The first-order valence-corrected chi connectivity index (χ1v) is 7.17. The molecule has 0 heterocycles. The van der Waals surface area contributed by atoms with Crippen molar-refractivity contribution in [2.75, 3.05) is 6.61 Å². The van der Waals surface area contributed by atoms with Crippen LogP contribution in [0.2, 0.25) is 5.02 Å². The van der Waals surface area contributed by atoms with Crippen LogP contribution in [-0.4, -0.2) is 6.61 Å². The fourth-order valence-corrected chi connectivity index (χ4v) is 2.35. The van der Waals surface area contributed by atoms with Gasteiger partial charge in [0.15, 0.2) is 0 Å². The van der Waals surface area contributed by atoms with Crippen LogP contribution in [0.4, 0.5) is 4.39 Å². The molecule has 0 aromatic heterocycles. The number of rotatable bonds is 6. The van der Waals surface area contributed by atoms with E-state index in [0.29, 0.717) is 11.6 Å². The van der Waals surface area contributed by atoms with Gasteiger partial charge in [0.2, 0.25) is 0 Å². The third-order valence-corrected chi connectivity index (χ3v) is 3.45. The molecule has 1 atom stereocenters. The molecule has 3 N–H and O–H groups in total. The number of ether oxygens (including phenoxy) is 1. The molecule has 5 heteroatoms. The van der Waals surface area contributed by atoms with E-state index in [9.17, 15) is 4.39 Å². The van der Waals surface area contributed by atoms with Crippen molar-refractivity contribution < 1.29 is 9.13 Å². The van der Waals surface area contributed by atoms with Crippen molar-refractivity contribution in [2.24, 2.45) is 5.84 Å². The van der Waals surface area contributed by atoms with Crippen LogP contribution in [0.1, 0.15) is 30.5 Å². The molecule has 0 aliphatic rings. The Hall–Kier alpha value is -1.62. The normalized spacial score (nSPS) is 12.2. The first-order valence-electron chi connectivity index (χ1n) is 6.79. The maximum atomic E-state index is 13.1. The number of nitrogens with two attached hydrogens (primary N) is 1. The molecule has 0 saturated heterocycles. The van der Waals surface area contributed by atoms with Gasteiger partial charge >= 0.3 is 0 Å². The topological polar surface area (TPSA) is 47.3 Å². The summed E-state index contributed by atoms with van der Waals surface area (Å²) in [5, 5.41) is 0.337. The molecule has 0 spiro atoms. The zero-order valence-corrected chi connectivity index (χ0v) is 12.5. The van der Waals surface area contributed by atoms with Crippen molar-refractivity contribution in [1.82, 2.24) is 5.43 Å². The standard InChI is InChI=1S/C16H18ClFN2O/c1-2-9-21-13-6-3-11(4-7-13)16(20-19)14-8-5-12(18)10-15(14)17/h3-8,10,16,20H,2,9,19H2,1H3. The Balaban J connectivity index is 2.24. The Labute approximate surface area is 128 Å². The van der Waals surface area contributed by atoms with E-state index in [1.165, 1.54) is 12.1 Å². The molecule has 21 heavy (non-hydrogen) atoms. The first-order chi connectivity index (χ1) is 10.2. The van der Waals surface area contributed by atoms with Crippen molar-refractivity contribution in [1.29, 1.82) is 0 Å². The molecule has 112 valence electrons. The van der Waals surface area contributed by atoms with Gasteiger partial charge in [-0.3, -0.25) is 5.84 Å². The minimum Gasteiger partial charge on any atom is -0.494 e. The van der Waals surface area contributed by atoms with Gasteiger partial charge in [0, 0.05) is 5.02 Å². The van der Waals surface area contributed by atoms with E-state index < -0.39 is 0 Å². The summed E-state index contributed by atoms with van der Waals surface area (Å²) in [7, 11) is 0. The van der Waals surface area contributed by atoms with Crippen molar-refractivity contribution in [3.8, 4) is 5.75 Å². The van der Waals surface area contributed by atoms with E-state index in [2.05, 4.69) is 12.3 Å². The summed E-state index contributed by atoms with van der Waals surface area (Å²) >= 11 is 6.09. The summed E-state index contributed by atoms with van der Waals surface area (Å²) in [6.45, 7) is 2.74. The quantitative estimate of drug-likeness (QED) is 0.630. The van der Waals surface area contributed by atoms with Gasteiger partial charge in [-0.05, 0) is 41.8 Å². The summed E-state index contributed by atoms with van der Waals surface area (Å²) in [6, 6.07) is 11.6. The van der Waals surface area contributed by atoms with Crippen LogP contribution in [0.3, 0.4) is 0 Å². The van der Waals surface area contributed by atoms with E-state index in [1.807, 2.05) is 24.3 Å². The van der Waals surface area contributed by atoms with Gasteiger partial charge in [-0.2, -0.15) is 0 Å². The van der Waals surface area contributed by atoms with Crippen molar-refractivity contribution in [3.63, 3.8) is 0 Å². The number of halogens is 2. The molecule has 0 radical (unpaired) electrons. The number of benzene rings is 2. The van der Waals surface area contributed by atoms with Gasteiger partial charge in [-0.1, -0.05) is 36.7 Å². The second-order valence-corrected chi connectivity index (χ2v) is 5.09. The fourth-order valence-electron chi connectivity index (χ4n) is 2.08. The minimum absolute atomic E-state index is 0.307. The van der Waals surface area contributed by atoms with Crippen LogP contribution < -0.4 is 16.0 Å². The highest BCUT2D eigenvalue weighted by Crippen LogP contribution is 2.29. The smallest absolute Gasteiger partial charge is 0.124 e.